The van der Waals surface area contributed by atoms with E-state index in [1.165, 1.54) is 19.4 Å². The normalized spacial score (nSPS) is 18.9. The molecule has 0 aromatic heterocycles. The molecular weight excluding hydrogens is 288 g/mol. The third kappa shape index (κ3) is 5.54. The van der Waals surface area contributed by atoms with Crippen LogP contribution in [0.3, 0.4) is 0 Å². The average Bonchev–Trinajstić information content (AvgIpc) is 3.42. The number of ether oxygens (including phenoxy) is 1. The second kappa shape index (κ2) is 8.34. The van der Waals surface area contributed by atoms with Crippen LogP contribution in [0.4, 0.5) is 0 Å². The van der Waals surface area contributed by atoms with Gasteiger partial charge in [-0.1, -0.05) is 18.2 Å². The van der Waals surface area contributed by atoms with Crippen molar-refractivity contribution in [2.45, 2.75) is 44.6 Å². The number of hydrogen-bond acceptors (Lipinski definition) is 3. The maximum atomic E-state index is 12.2. The van der Waals surface area contributed by atoms with Crippen molar-refractivity contribution < 1.29 is 9.53 Å². The van der Waals surface area contributed by atoms with E-state index in [0.717, 1.165) is 44.0 Å². The summed E-state index contributed by atoms with van der Waals surface area (Å²) in [5.74, 6) is 2.09. The Morgan fingerprint density at radius 1 is 1.13 bits per heavy atom. The number of nitrogens with one attached hydrogen (secondary N) is 1. The Labute approximate surface area is 139 Å². The molecule has 2 aliphatic rings. The first-order valence-electron chi connectivity index (χ1n) is 9.00. The van der Waals surface area contributed by atoms with Gasteiger partial charge in [0.2, 0.25) is 5.91 Å². The fourth-order valence-corrected chi connectivity index (χ4v) is 3.08. The molecule has 2 fully saturated rings. The summed E-state index contributed by atoms with van der Waals surface area (Å²) in [6.45, 7) is 3.59. The molecule has 3 rings (SSSR count). The van der Waals surface area contributed by atoms with Gasteiger partial charge in [0.25, 0.3) is 0 Å². The van der Waals surface area contributed by atoms with Crippen LogP contribution in [0.25, 0.3) is 0 Å². The molecule has 1 saturated heterocycles. The van der Waals surface area contributed by atoms with Crippen LogP contribution in [-0.4, -0.2) is 43.1 Å². The molecule has 0 radical (unpaired) electrons. The summed E-state index contributed by atoms with van der Waals surface area (Å²) in [6.07, 6.45) is 6.36. The third-order valence-electron chi connectivity index (χ3n) is 4.79. The van der Waals surface area contributed by atoms with E-state index in [-0.39, 0.29) is 5.91 Å². The van der Waals surface area contributed by atoms with Crippen molar-refractivity contribution in [1.82, 2.24) is 10.2 Å². The Bertz CT molecular complexity index is 479. The smallest absolute Gasteiger partial charge is 0.222 e. The van der Waals surface area contributed by atoms with Crippen LogP contribution >= 0.6 is 0 Å². The molecule has 1 N–H and O–H groups in total. The van der Waals surface area contributed by atoms with Crippen molar-refractivity contribution in [1.29, 1.82) is 0 Å². The second-order valence-corrected chi connectivity index (χ2v) is 6.77. The predicted molar refractivity (Wildman–Crippen MR) is 91.5 cm³/mol. The zero-order valence-corrected chi connectivity index (χ0v) is 13.9. The first-order valence-corrected chi connectivity index (χ1v) is 9.00. The van der Waals surface area contributed by atoms with Gasteiger partial charge in [-0.3, -0.25) is 4.79 Å². The fourth-order valence-electron chi connectivity index (χ4n) is 3.08. The SMILES string of the molecule is O=C(CCCOc1ccccc1)N1CCC(NCC2CC2)CC1. The maximum absolute atomic E-state index is 12.2. The lowest BCUT2D eigenvalue weighted by molar-refractivity contribution is -0.132. The number of hydrogen-bond donors (Lipinski definition) is 1. The number of amides is 1. The van der Waals surface area contributed by atoms with Crippen molar-refractivity contribution in [2.24, 2.45) is 5.92 Å². The predicted octanol–water partition coefficient (Wildman–Crippen LogP) is 2.84. The highest BCUT2D eigenvalue weighted by atomic mass is 16.5. The van der Waals surface area contributed by atoms with Crippen LogP contribution < -0.4 is 10.1 Å². The van der Waals surface area contributed by atoms with Gasteiger partial charge in [0.15, 0.2) is 0 Å². The molecule has 0 unspecified atom stereocenters. The van der Waals surface area contributed by atoms with Gasteiger partial charge in [-0.05, 0) is 56.7 Å². The van der Waals surface area contributed by atoms with Gasteiger partial charge in [0.05, 0.1) is 6.61 Å². The van der Waals surface area contributed by atoms with Crippen molar-refractivity contribution in [3.63, 3.8) is 0 Å². The van der Waals surface area contributed by atoms with Crippen molar-refractivity contribution in [2.75, 3.05) is 26.2 Å². The van der Waals surface area contributed by atoms with E-state index in [9.17, 15) is 4.79 Å². The van der Waals surface area contributed by atoms with Crippen LogP contribution in [0.15, 0.2) is 30.3 Å². The highest BCUT2D eigenvalue weighted by molar-refractivity contribution is 5.76. The summed E-state index contributed by atoms with van der Waals surface area (Å²) in [5, 5.41) is 3.66. The fraction of sp³-hybridized carbons (Fsp3) is 0.632. The van der Waals surface area contributed by atoms with Crippen LogP contribution in [0.2, 0.25) is 0 Å². The molecule has 1 aliphatic heterocycles. The Kier molecular flexibility index (Phi) is 5.92. The molecule has 1 aliphatic carbocycles. The molecular formula is C19H28N2O2. The Morgan fingerprint density at radius 3 is 2.57 bits per heavy atom. The quantitative estimate of drug-likeness (QED) is 0.750. The molecule has 1 saturated carbocycles. The van der Waals surface area contributed by atoms with E-state index in [2.05, 4.69) is 5.32 Å². The minimum absolute atomic E-state index is 0.280. The standard InChI is InChI=1S/C19H28N2O2/c22-19(7-4-14-23-18-5-2-1-3-6-18)21-12-10-17(11-13-21)20-15-16-8-9-16/h1-3,5-6,16-17,20H,4,7-15H2. The lowest BCUT2D eigenvalue weighted by Crippen LogP contribution is -2.45. The largest absolute Gasteiger partial charge is 0.494 e. The number of para-hydroxylation sites is 1. The summed E-state index contributed by atoms with van der Waals surface area (Å²) >= 11 is 0. The maximum Gasteiger partial charge on any atom is 0.222 e. The van der Waals surface area contributed by atoms with Gasteiger partial charge in [0, 0.05) is 25.6 Å². The van der Waals surface area contributed by atoms with E-state index >= 15 is 0 Å². The molecule has 126 valence electrons. The zero-order chi connectivity index (χ0) is 15.9. The highest BCUT2D eigenvalue weighted by Crippen LogP contribution is 2.28. The van der Waals surface area contributed by atoms with Crippen LogP contribution in [0, 0.1) is 5.92 Å². The Morgan fingerprint density at radius 2 is 1.87 bits per heavy atom. The molecule has 1 aromatic carbocycles. The summed E-state index contributed by atoms with van der Waals surface area (Å²) in [5.41, 5.74) is 0. The third-order valence-corrected chi connectivity index (χ3v) is 4.79. The number of carbonyl (C=O) groups excluding carboxylic acids is 1. The molecule has 1 aromatic rings. The minimum atomic E-state index is 0.280. The molecule has 0 atom stereocenters. The molecule has 1 amide bonds. The van der Waals surface area contributed by atoms with Crippen molar-refractivity contribution in [3.8, 4) is 5.75 Å². The van der Waals surface area contributed by atoms with Gasteiger partial charge < -0.3 is 15.0 Å². The lowest BCUT2D eigenvalue weighted by Gasteiger charge is -2.32. The van der Waals surface area contributed by atoms with Gasteiger partial charge in [-0.15, -0.1) is 0 Å². The average molecular weight is 316 g/mol. The van der Waals surface area contributed by atoms with E-state index in [4.69, 9.17) is 4.74 Å². The van der Waals surface area contributed by atoms with Crippen LogP contribution in [0.5, 0.6) is 5.75 Å². The van der Waals surface area contributed by atoms with Gasteiger partial charge in [-0.25, -0.2) is 0 Å². The van der Waals surface area contributed by atoms with Crippen molar-refractivity contribution in [3.05, 3.63) is 30.3 Å². The van der Waals surface area contributed by atoms with E-state index in [0.29, 0.717) is 19.1 Å². The minimum Gasteiger partial charge on any atom is -0.494 e. The topological polar surface area (TPSA) is 41.6 Å². The Balaban J connectivity index is 1.27. The van der Waals surface area contributed by atoms with E-state index in [1.54, 1.807) is 0 Å². The highest BCUT2D eigenvalue weighted by Gasteiger charge is 2.25. The van der Waals surface area contributed by atoms with Gasteiger partial charge >= 0.3 is 0 Å². The first kappa shape index (κ1) is 16.3. The summed E-state index contributed by atoms with van der Waals surface area (Å²) in [7, 11) is 0. The van der Waals surface area contributed by atoms with Gasteiger partial charge in [-0.2, -0.15) is 0 Å². The Hall–Kier alpha value is -1.55. The summed E-state index contributed by atoms with van der Waals surface area (Å²) in [4.78, 5) is 14.3. The molecule has 1 heterocycles. The molecule has 4 heteroatoms. The molecule has 4 nitrogen and oxygen atoms in total. The van der Waals surface area contributed by atoms with Crippen LogP contribution in [-0.2, 0) is 4.79 Å². The first-order chi connectivity index (χ1) is 11.3. The number of benzene rings is 1. The summed E-state index contributed by atoms with van der Waals surface area (Å²) in [6, 6.07) is 10.4. The lowest BCUT2D eigenvalue weighted by atomic mass is 10.0. The zero-order valence-electron chi connectivity index (χ0n) is 13.9. The van der Waals surface area contributed by atoms with E-state index < -0.39 is 0 Å². The monoisotopic (exact) mass is 316 g/mol. The van der Waals surface area contributed by atoms with Crippen molar-refractivity contribution >= 4 is 5.91 Å². The molecule has 23 heavy (non-hydrogen) atoms. The number of nitrogens with zero attached hydrogens (tertiary/aromatic N) is 1. The number of likely N-dealkylation sites (tertiary alicyclic amines) is 1. The molecule has 0 spiro atoms. The molecule has 0 bridgehead atoms. The number of carbonyl (C=O) groups is 1. The second-order valence-electron chi connectivity index (χ2n) is 6.77. The van der Waals surface area contributed by atoms with Gasteiger partial charge in [0.1, 0.15) is 5.75 Å². The number of piperidine rings is 1. The van der Waals surface area contributed by atoms with E-state index in [1.807, 2.05) is 35.2 Å². The number of rotatable bonds is 8. The van der Waals surface area contributed by atoms with Crippen LogP contribution in [0.1, 0.15) is 38.5 Å². The summed E-state index contributed by atoms with van der Waals surface area (Å²) < 4.78 is 5.64.